The maximum atomic E-state index is 12.8. The largest absolute Gasteiger partial charge is 0.355 e. The van der Waals surface area contributed by atoms with Crippen LogP contribution in [0.2, 0.25) is 0 Å². The number of hydrogen-bond acceptors (Lipinski definition) is 5. The Labute approximate surface area is 153 Å². The summed E-state index contributed by atoms with van der Waals surface area (Å²) in [6.45, 7) is 3.60. The van der Waals surface area contributed by atoms with Crippen LogP contribution in [0.25, 0.3) is 0 Å². The molecule has 3 rings (SSSR count). The highest BCUT2D eigenvalue weighted by atomic mass is 32.2. The van der Waals surface area contributed by atoms with Crippen molar-refractivity contribution in [3.05, 3.63) is 24.3 Å². The van der Waals surface area contributed by atoms with E-state index in [0.717, 1.165) is 37.4 Å². The van der Waals surface area contributed by atoms with Gasteiger partial charge in [0.25, 0.3) is 0 Å². The molecule has 0 saturated carbocycles. The molecule has 0 aliphatic carbocycles. The van der Waals surface area contributed by atoms with Gasteiger partial charge in [-0.25, -0.2) is 0 Å². The molecule has 136 valence electrons. The van der Waals surface area contributed by atoms with Crippen molar-refractivity contribution in [2.45, 2.75) is 17.7 Å². The summed E-state index contributed by atoms with van der Waals surface area (Å²) in [6.07, 6.45) is 1.82. The summed E-state index contributed by atoms with van der Waals surface area (Å²) in [5.74, 6) is 1.06. The second-order valence-electron chi connectivity index (χ2n) is 6.52. The lowest BCUT2D eigenvalue weighted by Crippen LogP contribution is -2.48. The van der Waals surface area contributed by atoms with Crippen molar-refractivity contribution in [3.63, 3.8) is 0 Å². The van der Waals surface area contributed by atoms with Crippen molar-refractivity contribution < 1.29 is 9.59 Å². The van der Waals surface area contributed by atoms with Gasteiger partial charge in [0.05, 0.1) is 18.2 Å². The molecule has 0 radical (unpaired) electrons. The Balaban J connectivity index is 1.59. The second-order valence-corrected chi connectivity index (χ2v) is 7.65. The van der Waals surface area contributed by atoms with Crippen LogP contribution in [0.4, 0.5) is 5.69 Å². The van der Waals surface area contributed by atoms with E-state index in [1.165, 1.54) is 4.90 Å². The molecule has 1 unspecified atom stereocenters. The molecule has 1 atom stereocenters. The molecule has 0 spiro atoms. The van der Waals surface area contributed by atoms with Gasteiger partial charge in [0.1, 0.15) is 0 Å². The number of thioether (sulfide) groups is 1. The van der Waals surface area contributed by atoms with E-state index < -0.39 is 0 Å². The number of anilines is 1. The highest BCUT2D eigenvalue weighted by Gasteiger charge is 2.29. The molecule has 1 aromatic carbocycles. The third-order valence-corrected chi connectivity index (χ3v) is 5.75. The number of para-hydroxylation sites is 1. The smallest absolute Gasteiger partial charge is 0.241 e. The lowest BCUT2D eigenvalue weighted by molar-refractivity contribution is -0.128. The zero-order valence-corrected chi connectivity index (χ0v) is 15.3. The van der Waals surface area contributed by atoms with E-state index in [4.69, 9.17) is 5.73 Å². The normalized spacial score (nSPS) is 20.8. The van der Waals surface area contributed by atoms with E-state index in [1.54, 1.807) is 11.8 Å². The van der Waals surface area contributed by atoms with Gasteiger partial charge in [-0.3, -0.25) is 14.5 Å². The molecule has 2 amide bonds. The zero-order valence-electron chi connectivity index (χ0n) is 14.4. The van der Waals surface area contributed by atoms with Crippen LogP contribution in [0, 0.1) is 5.92 Å². The maximum Gasteiger partial charge on any atom is 0.241 e. The Morgan fingerprint density at radius 1 is 1.28 bits per heavy atom. The first-order valence-electron chi connectivity index (χ1n) is 8.91. The van der Waals surface area contributed by atoms with Crippen molar-refractivity contribution in [1.29, 1.82) is 0 Å². The molecule has 1 saturated heterocycles. The predicted octanol–water partition coefficient (Wildman–Crippen LogP) is 0.912. The van der Waals surface area contributed by atoms with Crippen LogP contribution >= 0.6 is 11.8 Å². The number of nitrogens with two attached hydrogens (primary N) is 1. The average molecular weight is 362 g/mol. The van der Waals surface area contributed by atoms with Crippen molar-refractivity contribution >= 4 is 29.3 Å². The lowest BCUT2D eigenvalue weighted by atomic mass is 9.97. The van der Waals surface area contributed by atoms with E-state index in [0.29, 0.717) is 26.2 Å². The SMILES string of the molecule is NCCNC(=O)C1CCCN(CC(=O)N2CCSc3ccccc32)C1. The van der Waals surface area contributed by atoms with Gasteiger partial charge < -0.3 is 16.0 Å². The van der Waals surface area contributed by atoms with Gasteiger partial charge in [-0.05, 0) is 31.5 Å². The van der Waals surface area contributed by atoms with Crippen LogP contribution in [0.15, 0.2) is 29.2 Å². The number of piperidine rings is 1. The summed E-state index contributed by atoms with van der Waals surface area (Å²) in [5.41, 5.74) is 6.46. The molecule has 2 aliphatic rings. The topological polar surface area (TPSA) is 78.7 Å². The molecule has 7 heteroatoms. The van der Waals surface area contributed by atoms with Crippen LogP contribution in [0.5, 0.6) is 0 Å². The number of fused-ring (bicyclic) bond motifs is 1. The first kappa shape index (κ1) is 18.2. The number of hydrogen-bond donors (Lipinski definition) is 2. The van der Waals surface area contributed by atoms with Gasteiger partial charge in [0, 0.05) is 36.8 Å². The molecule has 2 aliphatic heterocycles. The number of nitrogens with zero attached hydrogens (tertiary/aromatic N) is 2. The van der Waals surface area contributed by atoms with E-state index >= 15 is 0 Å². The summed E-state index contributed by atoms with van der Waals surface area (Å²) in [7, 11) is 0. The van der Waals surface area contributed by atoms with Gasteiger partial charge in [0.2, 0.25) is 11.8 Å². The standard InChI is InChI=1S/C18H26N4O2S/c19-7-8-20-18(24)14-4-3-9-21(12-14)13-17(23)22-10-11-25-16-6-2-1-5-15(16)22/h1-2,5-6,14H,3-4,7-13,19H2,(H,20,24). The molecule has 6 nitrogen and oxygen atoms in total. The molecular weight excluding hydrogens is 336 g/mol. The number of carbonyl (C=O) groups is 2. The molecule has 0 bridgehead atoms. The van der Waals surface area contributed by atoms with Crippen LogP contribution in [0.3, 0.4) is 0 Å². The van der Waals surface area contributed by atoms with Crippen LogP contribution in [0.1, 0.15) is 12.8 Å². The van der Waals surface area contributed by atoms with E-state index in [-0.39, 0.29) is 17.7 Å². The van der Waals surface area contributed by atoms with Crippen LogP contribution < -0.4 is 16.0 Å². The third-order valence-electron chi connectivity index (χ3n) is 4.71. The monoisotopic (exact) mass is 362 g/mol. The molecule has 0 aromatic heterocycles. The number of nitrogens with one attached hydrogen (secondary N) is 1. The molecule has 1 aromatic rings. The summed E-state index contributed by atoms with van der Waals surface area (Å²) in [5, 5.41) is 2.86. The lowest BCUT2D eigenvalue weighted by Gasteiger charge is -2.34. The number of amides is 2. The van der Waals surface area contributed by atoms with E-state index in [2.05, 4.69) is 16.3 Å². The fourth-order valence-electron chi connectivity index (χ4n) is 3.46. The summed E-state index contributed by atoms with van der Waals surface area (Å²) in [4.78, 5) is 30.2. The van der Waals surface area contributed by atoms with Gasteiger partial charge in [-0.1, -0.05) is 12.1 Å². The fraction of sp³-hybridized carbons (Fsp3) is 0.556. The molecule has 2 heterocycles. The van der Waals surface area contributed by atoms with E-state index in [9.17, 15) is 9.59 Å². The third kappa shape index (κ3) is 4.54. The minimum absolute atomic E-state index is 0.0442. The highest BCUT2D eigenvalue weighted by Crippen LogP contribution is 2.34. The Bertz CT molecular complexity index is 625. The van der Waals surface area contributed by atoms with E-state index in [1.807, 2.05) is 23.1 Å². The molecule has 25 heavy (non-hydrogen) atoms. The summed E-state index contributed by atoms with van der Waals surface area (Å²) in [6, 6.07) is 8.06. The van der Waals surface area contributed by atoms with Crippen molar-refractivity contribution in [3.8, 4) is 0 Å². The fourth-order valence-corrected chi connectivity index (χ4v) is 4.45. The Kier molecular flexibility index (Phi) is 6.34. The Morgan fingerprint density at radius 3 is 2.96 bits per heavy atom. The minimum atomic E-state index is -0.0442. The van der Waals surface area contributed by atoms with Gasteiger partial charge >= 0.3 is 0 Å². The summed E-state index contributed by atoms with van der Waals surface area (Å²) < 4.78 is 0. The second kappa shape index (κ2) is 8.69. The first-order valence-corrected chi connectivity index (χ1v) is 9.90. The first-order chi connectivity index (χ1) is 12.2. The maximum absolute atomic E-state index is 12.8. The zero-order chi connectivity index (χ0) is 17.6. The number of benzene rings is 1. The molecular formula is C18H26N4O2S. The predicted molar refractivity (Wildman–Crippen MR) is 101 cm³/mol. The molecule has 3 N–H and O–H groups in total. The van der Waals surface area contributed by atoms with Crippen molar-refractivity contribution in [2.75, 3.05) is 49.9 Å². The highest BCUT2D eigenvalue weighted by molar-refractivity contribution is 7.99. The Hall–Kier alpha value is -1.57. The number of likely N-dealkylation sites (tertiary alicyclic amines) is 1. The van der Waals surface area contributed by atoms with Gasteiger partial charge in [-0.15, -0.1) is 11.8 Å². The number of carbonyl (C=O) groups excluding carboxylic acids is 2. The number of rotatable bonds is 5. The van der Waals surface area contributed by atoms with Crippen LogP contribution in [-0.4, -0.2) is 61.7 Å². The van der Waals surface area contributed by atoms with Gasteiger partial charge in [-0.2, -0.15) is 0 Å². The van der Waals surface area contributed by atoms with Crippen molar-refractivity contribution in [1.82, 2.24) is 10.2 Å². The van der Waals surface area contributed by atoms with Crippen LogP contribution in [-0.2, 0) is 9.59 Å². The summed E-state index contributed by atoms with van der Waals surface area (Å²) >= 11 is 1.80. The van der Waals surface area contributed by atoms with Crippen molar-refractivity contribution in [2.24, 2.45) is 11.7 Å². The average Bonchev–Trinajstić information content (AvgIpc) is 2.65. The Morgan fingerprint density at radius 2 is 2.12 bits per heavy atom. The van der Waals surface area contributed by atoms with Gasteiger partial charge in [0.15, 0.2) is 0 Å². The minimum Gasteiger partial charge on any atom is -0.355 e. The molecule has 1 fully saturated rings. The quantitative estimate of drug-likeness (QED) is 0.814.